The molecule has 164 valence electrons. The average molecular weight is 441 g/mol. The minimum atomic E-state index is -4.71. The number of ether oxygens (including phenoxy) is 1. The van der Waals surface area contributed by atoms with E-state index in [0.29, 0.717) is 17.3 Å². The standard InChI is InChI=1S/C23H18F3N3O3/c1-32-20-12-17(9-10-19(20)29-22(31)16-8-5-11-27-14-16)28-21(30)13-18(23(24,25)26)15-6-3-2-4-7-15/h2-14H,1H3,(H,28,30)(H,29,31)/b18-13-. The zero-order valence-corrected chi connectivity index (χ0v) is 16.8. The van der Waals surface area contributed by atoms with Crippen LogP contribution in [0.2, 0.25) is 0 Å². The van der Waals surface area contributed by atoms with Crippen molar-refractivity contribution >= 4 is 28.8 Å². The number of halogens is 3. The molecule has 0 aliphatic rings. The Bertz CT molecular complexity index is 1130. The fourth-order valence-electron chi connectivity index (χ4n) is 2.82. The van der Waals surface area contributed by atoms with Crippen molar-refractivity contribution in [1.29, 1.82) is 0 Å². The van der Waals surface area contributed by atoms with Crippen molar-refractivity contribution in [3.8, 4) is 5.75 Å². The molecule has 0 bridgehead atoms. The third-order valence-electron chi connectivity index (χ3n) is 4.31. The number of benzene rings is 2. The second-order valence-electron chi connectivity index (χ2n) is 6.52. The normalized spacial score (nSPS) is 11.6. The molecule has 32 heavy (non-hydrogen) atoms. The van der Waals surface area contributed by atoms with Gasteiger partial charge in [0.15, 0.2) is 0 Å². The zero-order valence-electron chi connectivity index (χ0n) is 16.8. The number of rotatable bonds is 6. The Hall–Kier alpha value is -4.14. The summed E-state index contributed by atoms with van der Waals surface area (Å²) in [5.41, 5.74) is -0.353. The molecule has 3 rings (SSSR count). The minimum absolute atomic E-state index is 0.124. The van der Waals surface area contributed by atoms with Crippen LogP contribution in [0.4, 0.5) is 24.5 Å². The van der Waals surface area contributed by atoms with Crippen LogP contribution in [0, 0.1) is 0 Å². The van der Waals surface area contributed by atoms with Gasteiger partial charge in [-0.25, -0.2) is 0 Å². The maximum atomic E-state index is 13.4. The van der Waals surface area contributed by atoms with Crippen molar-refractivity contribution in [3.63, 3.8) is 0 Å². The molecular formula is C23H18F3N3O3. The predicted molar refractivity (Wildman–Crippen MR) is 114 cm³/mol. The largest absolute Gasteiger partial charge is 0.494 e. The first-order valence-corrected chi connectivity index (χ1v) is 9.32. The number of nitrogens with zero attached hydrogens (tertiary/aromatic N) is 1. The lowest BCUT2D eigenvalue weighted by Crippen LogP contribution is -2.16. The Balaban J connectivity index is 1.79. The first-order valence-electron chi connectivity index (χ1n) is 9.32. The molecule has 0 aliphatic heterocycles. The van der Waals surface area contributed by atoms with E-state index in [1.54, 1.807) is 18.2 Å². The minimum Gasteiger partial charge on any atom is -0.494 e. The van der Waals surface area contributed by atoms with Gasteiger partial charge in [-0.3, -0.25) is 14.6 Å². The number of hydrogen-bond donors (Lipinski definition) is 2. The van der Waals surface area contributed by atoms with Crippen LogP contribution in [0.15, 0.2) is 79.1 Å². The summed E-state index contributed by atoms with van der Waals surface area (Å²) in [6, 6.07) is 14.5. The second kappa shape index (κ2) is 9.78. The molecule has 0 fully saturated rings. The smallest absolute Gasteiger partial charge is 0.417 e. The number of amides is 2. The topological polar surface area (TPSA) is 80.3 Å². The number of nitrogens with one attached hydrogen (secondary N) is 2. The molecule has 2 N–H and O–H groups in total. The molecule has 2 aromatic carbocycles. The van der Waals surface area contributed by atoms with Gasteiger partial charge in [-0.1, -0.05) is 30.3 Å². The molecule has 9 heteroatoms. The third-order valence-corrected chi connectivity index (χ3v) is 4.31. The van der Waals surface area contributed by atoms with E-state index < -0.39 is 23.6 Å². The number of alkyl halides is 3. The van der Waals surface area contributed by atoms with Gasteiger partial charge in [-0.05, 0) is 29.8 Å². The van der Waals surface area contributed by atoms with Crippen LogP contribution in [0.3, 0.4) is 0 Å². The van der Waals surface area contributed by atoms with Gasteiger partial charge < -0.3 is 15.4 Å². The number of carbonyl (C=O) groups excluding carboxylic acids is 2. The maximum absolute atomic E-state index is 13.4. The van der Waals surface area contributed by atoms with E-state index in [0.717, 1.165) is 0 Å². The van der Waals surface area contributed by atoms with E-state index in [1.807, 2.05) is 0 Å². The van der Waals surface area contributed by atoms with Gasteiger partial charge in [0.1, 0.15) is 5.75 Å². The zero-order chi connectivity index (χ0) is 23.1. The van der Waals surface area contributed by atoms with Crippen molar-refractivity contribution in [2.24, 2.45) is 0 Å². The van der Waals surface area contributed by atoms with E-state index in [2.05, 4.69) is 15.6 Å². The van der Waals surface area contributed by atoms with Gasteiger partial charge >= 0.3 is 6.18 Å². The summed E-state index contributed by atoms with van der Waals surface area (Å²) in [6.45, 7) is 0. The molecule has 6 nitrogen and oxygen atoms in total. The monoisotopic (exact) mass is 441 g/mol. The molecule has 0 unspecified atom stereocenters. The summed E-state index contributed by atoms with van der Waals surface area (Å²) in [5.74, 6) is -1.17. The molecule has 0 aliphatic carbocycles. The van der Waals surface area contributed by atoms with Crippen molar-refractivity contribution < 1.29 is 27.5 Å². The van der Waals surface area contributed by atoms with E-state index in [1.165, 1.54) is 62.0 Å². The molecule has 1 aromatic heterocycles. The number of pyridine rings is 1. The fraction of sp³-hybridized carbons (Fsp3) is 0.0870. The highest BCUT2D eigenvalue weighted by molar-refractivity contribution is 6.06. The number of allylic oxidation sites excluding steroid dienone is 1. The van der Waals surface area contributed by atoms with Crippen LogP contribution >= 0.6 is 0 Å². The number of anilines is 2. The van der Waals surface area contributed by atoms with Crippen molar-refractivity contribution in [2.75, 3.05) is 17.7 Å². The van der Waals surface area contributed by atoms with E-state index in [4.69, 9.17) is 4.74 Å². The van der Waals surface area contributed by atoms with E-state index in [9.17, 15) is 22.8 Å². The van der Waals surface area contributed by atoms with Crippen LogP contribution in [0.5, 0.6) is 5.75 Å². The van der Waals surface area contributed by atoms with Gasteiger partial charge in [0.25, 0.3) is 5.91 Å². The molecule has 0 spiro atoms. The van der Waals surface area contributed by atoms with Crippen LogP contribution in [0.25, 0.3) is 5.57 Å². The lowest BCUT2D eigenvalue weighted by atomic mass is 10.1. The van der Waals surface area contributed by atoms with Gasteiger partial charge in [0, 0.05) is 30.2 Å². The molecule has 0 atom stereocenters. The van der Waals surface area contributed by atoms with Crippen molar-refractivity contribution in [2.45, 2.75) is 6.18 Å². The van der Waals surface area contributed by atoms with Crippen LogP contribution < -0.4 is 15.4 Å². The van der Waals surface area contributed by atoms with Crippen molar-refractivity contribution in [1.82, 2.24) is 4.98 Å². The first kappa shape index (κ1) is 22.5. The van der Waals surface area contributed by atoms with E-state index >= 15 is 0 Å². The third kappa shape index (κ3) is 5.72. The van der Waals surface area contributed by atoms with Crippen LogP contribution in [0.1, 0.15) is 15.9 Å². The Morgan fingerprint density at radius 2 is 1.69 bits per heavy atom. The summed E-state index contributed by atoms with van der Waals surface area (Å²) in [7, 11) is 1.36. The highest BCUT2D eigenvalue weighted by atomic mass is 19.4. The quantitative estimate of drug-likeness (QED) is 0.532. The summed E-state index contributed by atoms with van der Waals surface area (Å²) < 4.78 is 45.5. The summed E-state index contributed by atoms with van der Waals surface area (Å²) >= 11 is 0. The molecule has 3 aromatic rings. The second-order valence-corrected chi connectivity index (χ2v) is 6.52. The van der Waals surface area contributed by atoms with Gasteiger partial charge in [0.05, 0.1) is 23.9 Å². The average Bonchev–Trinajstić information content (AvgIpc) is 2.78. The Labute approximate surface area is 181 Å². The number of aromatic nitrogens is 1. The molecule has 0 radical (unpaired) electrons. The number of hydrogen-bond acceptors (Lipinski definition) is 4. The van der Waals surface area contributed by atoms with E-state index in [-0.39, 0.29) is 17.0 Å². The lowest BCUT2D eigenvalue weighted by molar-refractivity contribution is -0.112. The summed E-state index contributed by atoms with van der Waals surface area (Å²) in [4.78, 5) is 28.5. The fourth-order valence-corrected chi connectivity index (χ4v) is 2.82. The lowest BCUT2D eigenvalue weighted by Gasteiger charge is -2.14. The molecule has 0 saturated heterocycles. The highest BCUT2D eigenvalue weighted by Crippen LogP contribution is 2.34. The molecular weight excluding hydrogens is 423 g/mol. The van der Waals surface area contributed by atoms with Gasteiger partial charge in [0.2, 0.25) is 5.91 Å². The SMILES string of the molecule is COc1cc(NC(=O)/C=C(/c2ccccc2)C(F)(F)F)ccc1NC(=O)c1cccnc1. The Morgan fingerprint density at radius 1 is 0.969 bits per heavy atom. The van der Waals surface area contributed by atoms with Gasteiger partial charge in [-0.15, -0.1) is 0 Å². The Morgan fingerprint density at radius 3 is 2.31 bits per heavy atom. The number of carbonyl (C=O) groups is 2. The summed E-state index contributed by atoms with van der Waals surface area (Å²) in [5, 5.41) is 5.04. The van der Waals surface area contributed by atoms with Crippen molar-refractivity contribution in [3.05, 3.63) is 90.3 Å². The first-order chi connectivity index (χ1) is 15.3. The van der Waals surface area contributed by atoms with Crippen LogP contribution in [-0.4, -0.2) is 30.1 Å². The van der Waals surface area contributed by atoms with Crippen LogP contribution in [-0.2, 0) is 4.79 Å². The molecule has 2 amide bonds. The number of methoxy groups -OCH3 is 1. The predicted octanol–water partition coefficient (Wildman–Crippen LogP) is 4.93. The molecule has 1 heterocycles. The molecule has 0 saturated carbocycles. The Kier molecular flexibility index (Phi) is 6.89. The maximum Gasteiger partial charge on any atom is 0.417 e. The van der Waals surface area contributed by atoms with Gasteiger partial charge in [-0.2, -0.15) is 13.2 Å². The highest BCUT2D eigenvalue weighted by Gasteiger charge is 2.35. The summed E-state index contributed by atoms with van der Waals surface area (Å²) in [6.07, 6.45) is -1.28.